The van der Waals surface area contributed by atoms with Gasteiger partial charge in [-0.2, -0.15) is 0 Å². The van der Waals surface area contributed by atoms with Gasteiger partial charge in [-0.05, 0) is 161 Å². The minimum absolute atomic E-state index is 0.0818. The van der Waals surface area contributed by atoms with E-state index in [0.717, 1.165) is 218 Å². The lowest BCUT2D eigenvalue weighted by Gasteiger charge is -2.21. The van der Waals surface area contributed by atoms with Crippen LogP contribution >= 0.6 is 15.6 Å². The second-order valence-corrected chi connectivity index (χ2v) is 31.5. The Hall–Kier alpha value is -5.61. The maximum atomic E-state index is 13.1. The highest BCUT2D eigenvalue weighted by atomic mass is 31.2. The van der Waals surface area contributed by atoms with E-state index in [0.29, 0.717) is 19.3 Å². The maximum Gasteiger partial charge on any atom is 0.472 e. The number of carbonyl (C=O) groups is 3. The molecule has 0 fully saturated rings. The van der Waals surface area contributed by atoms with Crippen molar-refractivity contribution in [3.8, 4) is 0 Å². The summed E-state index contributed by atoms with van der Waals surface area (Å²) in [6.45, 7) is 2.32. The Morgan fingerprint density at radius 1 is 0.248 bits per heavy atom. The topological polar surface area (TPSA) is 231 Å². The first kappa shape index (κ1) is 107. The molecular formula is C95H156O16P2. The number of allylic oxidation sites excluding steroid dienone is 32. The molecule has 0 aromatic rings. The number of hydrogen-bond donors (Lipinski definition) is 4. The van der Waals surface area contributed by atoms with E-state index in [1.807, 2.05) is 0 Å². The van der Waals surface area contributed by atoms with Gasteiger partial charge in [-0.3, -0.25) is 32.5 Å². The Balaban J connectivity index is 4.65. The normalized spacial score (nSPS) is 14.8. The predicted molar refractivity (Wildman–Crippen MR) is 472 cm³/mol. The quantitative estimate of drug-likeness (QED) is 0.0146. The van der Waals surface area contributed by atoms with Crippen LogP contribution in [0.15, 0.2) is 194 Å². The molecule has 0 saturated carbocycles. The number of unbranched alkanes of at least 4 members (excludes halogenated alkanes) is 26. The summed E-state index contributed by atoms with van der Waals surface area (Å²) < 4.78 is 61.4. The monoisotopic (exact) mass is 1620 g/mol. The average molecular weight is 1620 g/mol. The molecule has 0 aromatic heterocycles. The molecule has 0 aromatic carbocycles. The van der Waals surface area contributed by atoms with Crippen LogP contribution in [-0.2, 0) is 55.8 Å². The van der Waals surface area contributed by atoms with E-state index in [1.165, 1.54) is 51.4 Å². The molecule has 0 rings (SSSR count). The number of hydrogen-bond acceptors (Lipinski definition) is 14. The van der Waals surface area contributed by atoms with Gasteiger partial charge >= 0.3 is 33.6 Å². The zero-order valence-corrected chi connectivity index (χ0v) is 72.3. The molecular weight excluding hydrogens is 1460 g/mol. The van der Waals surface area contributed by atoms with Gasteiger partial charge in [-0.15, -0.1) is 0 Å². The number of aliphatic hydroxyl groups excluding tert-OH is 2. The van der Waals surface area contributed by atoms with Gasteiger partial charge in [0.2, 0.25) is 0 Å². The van der Waals surface area contributed by atoms with E-state index in [4.69, 9.17) is 32.3 Å². The highest BCUT2D eigenvalue weighted by Gasteiger charge is 2.29. The molecule has 0 saturated heterocycles. The first-order valence-corrected chi connectivity index (χ1v) is 46.7. The summed E-state index contributed by atoms with van der Waals surface area (Å²) in [6, 6.07) is 0. The van der Waals surface area contributed by atoms with Gasteiger partial charge in [-0.25, -0.2) is 9.13 Å². The molecule has 0 amide bonds. The van der Waals surface area contributed by atoms with Gasteiger partial charge < -0.3 is 34.2 Å². The van der Waals surface area contributed by atoms with E-state index in [2.05, 4.69) is 215 Å². The first-order chi connectivity index (χ1) is 55.2. The van der Waals surface area contributed by atoms with Crippen LogP contribution in [0.25, 0.3) is 0 Å². The molecule has 0 aliphatic rings. The fraction of sp³-hybridized carbons (Fsp3) is 0.632. The van der Waals surface area contributed by atoms with Crippen LogP contribution in [0.3, 0.4) is 0 Å². The summed E-state index contributed by atoms with van der Waals surface area (Å²) in [7, 11) is -9.82. The lowest BCUT2D eigenvalue weighted by molar-refractivity contribution is -0.161. The minimum Gasteiger partial charge on any atom is -0.463 e. The Bertz CT molecular complexity index is 2830. The molecule has 642 valence electrons. The second-order valence-electron chi connectivity index (χ2n) is 28.5. The van der Waals surface area contributed by atoms with Gasteiger partial charge in [0.15, 0.2) is 6.10 Å². The Labute approximate surface area is 687 Å². The summed E-state index contributed by atoms with van der Waals surface area (Å²) in [4.78, 5) is 58.9. The molecule has 5 unspecified atom stereocenters. The third-order valence-electron chi connectivity index (χ3n) is 17.8. The molecule has 0 bridgehead atoms. The largest absolute Gasteiger partial charge is 0.472 e. The number of rotatable bonds is 81. The zero-order valence-electron chi connectivity index (χ0n) is 70.5. The number of ether oxygens (including phenoxy) is 3. The molecule has 113 heavy (non-hydrogen) atoms. The third-order valence-corrected chi connectivity index (χ3v) is 19.7. The van der Waals surface area contributed by atoms with Gasteiger partial charge in [0.25, 0.3) is 0 Å². The Morgan fingerprint density at radius 3 is 0.699 bits per heavy atom. The molecule has 0 spiro atoms. The van der Waals surface area contributed by atoms with Crippen LogP contribution in [0.2, 0.25) is 0 Å². The van der Waals surface area contributed by atoms with Crippen LogP contribution < -0.4 is 0 Å². The highest BCUT2D eigenvalue weighted by Crippen LogP contribution is 2.45. The number of esters is 3. The van der Waals surface area contributed by atoms with Crippen LogP contribution in [-0.4, -0.2) is 95.9 Å². The molecule has 0 aliphatic carbocycles. The van der Waals surface area contributed by atoms with Gasteiger partial charge in [0, 0.05) is 19.3 Å². The Morgan fingerprint density at radius 2 is 0.442 bits per heavy atom. The molecule has 0 radical (unpaired) electrons. The Kier molecular flexibility index (Phi) is 81.5. The molecule has 18 heteroatoms. The van der Waals surface area contributed by atoms with Crippen LogP contribution in [0.1, 0.15) is 329 Å². The highest BCUT2D eigenvalue weighted by molar-refractivity contribution is 7.47. The number of phosphoric acid groups is 2. The smallest absolute Gasteiger partial charge is 0.463 e. The first-order valence-electron chi connectivity index (χ1n) is 43.7. The van der Waals surface area contributed by atoms with E-state index in [9.17, 15) is 43.5 Å². The van der Waals surface area contributed by atoms with Crippen molar-refractivity contribution in [1.29, 1.82) is 0 Å². The van der Waals surface area contributed by atoms with Crippen LogP contribution in [0, 0.1) is 0 Å². The maximum absolute atomic E-state index is 13.1. The summed E-state index contributed by atoms with van der Waals surface area (Å²) in [5.41, 5.74) is 0. The minimum atomic E-state index is -4.95. The van der Waals surface area contributed by atoms with Crippen molar-refractivity contribution in [1.82, 2.24) is 0 Å². The fourth-order valence-corrected chi connectivity index (χ4v) is 12.9. The van der Waals surface area contributed by atoms with Crippen molar-refractivity contribution < 1.29 is 75.8 Å². The van der Waals surface area contributed by atoms with Crippen molar-refractivity contribution in [3.63, 3.8) is 0 Å². The summed E-state index contributed by atoms with van der Waals surface area (Å²) in [5, 5.41) is 20.7. The van der Waals surface area contributed by atoms with Crippen molar-refractivity contribution in [2.75, 3.05) is 39.6 Å². The SMILES string of the molecule is CC/C=C\C/C=C\C/C=C\C/C=C\C/C=C\C/C=C\CCCCCCCCCCCCCCC(=O)OCC(O)COP(=O)(O)OCC(O)COP(=O)(O)OCC(COC(=O)CCCCCCCCC/C=C\C/C=C\C/C=C\C/C=C\C/C=C\CC)OC(=O)CCCCCCCCC/C=C\C/C=C\C/C=C\C/C=C\C/C=C\CC. The zero-order chi connectivity index (χ0) is 82.2. The average Bonchev–Trinajstić information content (AvgIpc) is 0.903. The summed E-state index contributed by atoms with van der Waals surface area (Å²) >= 11 is 0. The van der Waals surface area contributed by atoms with Crippen molar-refractivity contribution in [2.45, 2.75) is 347 Å². The third kappa shape index (κ3) is 87.1. The molecule has 0 aliphatic heterocycles. The van der Waals surface area contributed by atoms with Gasteiger partial charge in [0.05, 0.1) is 26.4 Å². The van der Waals surface area contributed by atoms with Crippen molar-refractivity contribution in [3.05, 3.63) is 194 Å². The van der Waals surface area contributed by atoms with Gasteiger partial charge in [0.1, 0.15) is 25.4 Å². The lowest BCUT2D eigenvalue weighted by Crippen LogP contribution is -2.30. The van der Waals surface area contributed by atoms with Crippen molar-refractivity contribution >= 4 is 33.6 Å². The van der Waals surface area contributed by atoms with E-state index >= 15 is 0 Å². The number of phosphoric ester groups is 2. The molecule has 16 nitrogen and oxygen atoms in total. The van der Waals surface area contributed by atoms with E-state index in [-0.39, 0.29) is 19.3 Å². The van der Waals surface area contributed by atoms with E-state index in [1.54, 1.807) is 0 Å². The molecule has 5 atom stereocenters. The predicted octanol–water partition coefficient (Wildman–Crippen LogP) is 26.7. The van der Waals surface area contributed by atoms with Crippen molar-refractivity contribution in [2.24, 2.45) is 0 Å². The standard InChI is InChI=1S/C95H156O16P2/c1-4-7-10-13-16-19-22-25-28-31-34-37-40-41-42-43-44-45-46-47-50-52-54-57-60-63-66-69-72-75-78-81-93(98)105-84-90(96)85-107-112(101,102)108-86-91(97)87-109-113(103,104)110-89-92(111-95(100)83-80-77-74-71-68-65-62-59-56-53-49-39-36-33-30-27-24-21-18-15-12-9-6-3)88-106-94(99)82-79-76-73-70-67-64-61-58-55-51-48-38-35-32-29-26-23-20-17-14-11-8-5-2/h7-12,16-21,25-30,34-39,41-42,44-45,51,53,55-56,90-92,96-97H,4-6,13-15,22-24,31-33,40,43,46-50,52,54,57-89H2,1-3H3,(H,101,102)(H,103,104)/b10-7-,11-8-,12-9-,19-16-,20-17-,21-18-,28-25-,29-26-,30-27-,37-34-,38-35-,39-36-,42-41-,45-44-,55-51-,56-53-. The summed E-state index contributed by atoms with van der Waals surface area (Å²) in [5.74, 6) is -1.61. The fourth-order valence-electron chi connectivity index (χ4n) is 11.3. The number of aliphatic hydroxyl groups is 2. The van der Waals surface area contributed by atoms with Crippen LogP contribution in [0.4, 0.5) is 0 Å². The van der Waals surface area contributed by atoms with Gasteiger partial charge in [-0.1, -0.05) is 344 Å². The van der Waals surface area contributed by atoms with Crippen LogP contribution in [0.5, 0.6) is 0 Å². The molecule has 0 heterocycles. The summed E-state index contributed by atoms with van der Waals surface area (Å²) in [6.07, 6.45) is 113. The second kappa shape index (κ2) is 85.8. The lowest BCUT2D eigenvalue weighted by atomic mass is 10.0. The number of carbonyl (C=O) groups excluding carboxylic acids is 3. The molecule has 4 N–H and O–H groups in total. The van der Waals surface area contributed by atoms with E-state index < -0.39 is 91.5 Å².